The smallest absolute Gasteiger partial charge is 0.257 e. The number of hydrogen-bond acceptors (Lipinski definition) is 5. The third kappa shape index (κ3) is 5.37. The van der Waals surface area contributed by atoms with Crippen LogP contribution in [0.1, 0.15) is 39.7 Å². The summed E-state index contributed by atoms with van der Waals surface area (Å²) in [5.41, 5.74) is 0.788. The van der Waals surface area contributed by atoms with Gasteiger partial charge in [-0.3, -0.25) is 15.1 Å². The summed E-state index contributed by atoms with van der Waals surface area (Å²) in [5, 5.41) is 15.9. The molecule has 1 fully saturated rings. The average Bonchev–Trinajstić information content (AvgIpc) is 2.85. The number of aliphatic hydroxyl groups excluding tert-OH is 1. The number of nitrogens with zero attached hydrogens (tertiary/aromatic N) is 1. The maximum absolute atomic E-state index is 15.1. The highest BCUT2D eigenvalue weighted by atomic mass is 32.1. The van der Waals surface area contributed by atoms with Gasteiger partial charge in [0.05, 0.1) is 18.2 Å². The molecule has 0 spiro atoms. The first-order valence-corrected chi connectivity index (χ1v) is 11.5. The summed E-state index contributed by atoms with van der Waals surface area (Å²) in [6.07, 6.45) is 1.62. The summed E-state index contributed by atoms with van der Waals surface area (Å²) in [7, 11) is 0. The lowest BCUT2D eigenvalue weighted by Gasteiger charge is -2.47. The molecule has 1 saturated heterocycles. The third-order valence-electron chi connectivity index (χ3n) is 6.25. The molecule has 0 bridgehead atoms. The highest BCUT2D eigenvalue weighted by Gasteiger charge is 2.48. The Balaban J connectivity index is 1.65. The SMILES string of the molecule is Cc1ccc([C@H]2C[C@@H](CO)[C@](NC(=S)NC(=O)c3ccccc3)(c3ccc(F)cc3F)CO2)cn1. The number of amides is 1. The van der Waals surface area contributed by atoms with Crippen LogP contribution in [0.5, 0.6) is 0 Å². The molecule has 2 aromatic carbocycles. The van der Waals surface area contributed by atoms with Gasteiger partial charge in [0.15, 0.2) is 5.11 Å². The molecule has 3 N–H and O–H groups in total. The van der Waals surface area contributed by atoms with Crippen LogP contribution in [-0.4, -0.2) is 34.3 Å². The molecule has 0 radical (unpaired) electrons. The third-order valence-corrected chi connectivity index (χ3v) is 6.45. The molecule has 2 heterocycles. The van der Waals surface area contributed by atoms with E-state index in [9.17, 15) is 14.3 Å². The van der Waals surface area contributed by atoms with Crippen molar-refractivity contribution < 1.29 is 23.4 Å². The predicted octanol–water partition coefficient (Wildman–Crippen LogP) is 3.94. The number of pyridine rings is 1. The van der Waals surface area contributed by atoms with Crippen molar-refractivity contribution in [3.63, 3.8) is 0 Å². The number of thiocarbonyl (C=S) groups is 1. The molecule has 9 heteroatoms. The van der Waals surface area contributed by atoms with Gasteiger partial charge in [-0.2, -0.15) is 0 Å². The van der Waals surface area contributed by atoms with Crippen molar-refractivity contribution in [2.45, 2.75) is 25.0 Å². The molecule has 35 heavy (non-hydrogen) atoms. The summed E-state index contributed by atoms with van der Waals surface area (Å²) in [6.45, 7) is 1.44. The van der Waals surface area contributed by atoms with Crippen LogP contribution in [0.15, 0.2) is 66.9 Å². The molecular formula is C26H25F2N3O3S. The Kier molecular flexibility index (Phi) is 7.49. The van der Waals surface area contributed by atoms with E-state index in [0.717, 1.165) is 23.4 Å². The summed E-state index contributed by atoms with van der Waals surface area (Å²) < 4.78 is 34.9. The number of hydrogen-bond donors (Lipinski definition) is 3. The molecule has 1 aliphatic heterocycles. The zero-order valence-electron chi connectivity index (χ0n) is 19.0. The van der Waals surface area contributed by atoms with Crippen molar-refractivity contribution in [1.82, 2.24) is 15.6 Å². The minimum atomic E-state index is -1.36. The number of carbonyl (C=O) groups excluding carboxylic acids is 1. The topological polar surface area (TPSA) is 83.5 Å². The Morgan fingerprint density at radius 2 is 1.97 bits per heavy atom. The second-order valence-electron chi connectivity index (χ2n) is 8.52. The van der Waals surface area contributed by atoms with E-state index in [1.807, 2.05) is 19.1 Å². The Labute approximate surface area is 207 Å². The second-order valence-corrected chi connectivity index (χ2v) is 8.93. The van der Waals surface area contributed by atoms with E-state index in [2.05, 4.69) is 15.6 Å². The number of benzene rings is 2. The Morgan fingerprint density at radius 3 is 2.63 bits per heavy atom. The van der Waals surface area contributed by atoms with E-state index >= 15 is 4.39 Å². The van der Waals surface area contributed by atoms with Gasteiger partial charge in [-0.15, -0.1) is 0 Å². The fraction of sp³-hybridized carbons (Fsp3) is 0.269. The molecule has 182 valence electrons. The molecule has 6 nitrogen and oxygen atoms in total. The minimum Gasteiger partial charge on any atom is -0.396 e. The van der Waals surface area contributed by atoms with Crippen molar-refractivity contribution >= 4 is 23.2 Å². The van der Waals surface area contributed by atoms with Crippen LogP contribution in [0, 0.1) is 24.5 Å². The highest BCUT2D eigenvalue weighted by Crippen LogP contribution is 2.43. The van der Waals surface area contributed by atoms with E-state index in [4.69, 9.17) is 17.0 Å². The summed E-state index contributed by atoms with van der Waals surface area (Å²) in [4.78, 5) is 16.9. The van der Waals surface area contributed by atoms with Crippen LogP contribution in [-0.2, 0) is 10.3 Å². The summed E-state index contributed by atoms with van der Waals surface area (Å²) in [5.74, 6) is -2.58. The van der Waals surface area contributed by atoms with Gasteiger partial charge in [0.1, 0.15) is 11.6 Å². The maximum atomic E-state index is 15.1. The van der Waals surface area contributed by atoms with Crippen LogP contribution in [0.3, 0.4) is 0 Å². The Hall–Kier alpha value is -3.27. The van der Waals surface area contributed by atoms with E-state index in [0.29, 0.717) is 12.0 Å². The fourth-order valence-electron chi connectivity index (χ4n) is 4.36. The number of ether oxygens (including phenoxy) is 1. The molecule has 3 atom stereocenters. The van der Waals surface area contributed by atoms with Gasteiger partial charge in [0, 0.05) is 41.6 Å². The Morgan fingerprint density at radius 1 is 1.20 bits per heavy atom. The lowest BCUT2D eigenvalue weighted by molar-refractivity contribution is -0.0856. The highest BCUT2D eigenvalue weighted by molar-refractivity contribution is 7.80. The first kappa shape index (κ1) is 24.8. The second kappa shape index (κ2) is 10.6. The van der Waals surface area contributed by atoms with Gasteiger partial charge in [-0.05, 0) is 55.4 Å². The molecule has 1 amide bonds. The number of halogens is 2. The zero-order chi connectivity index (χ0) is 25.0. The van der Waals surface area contributed by atoms with Crippen molar-refractivity contribution in [2.75, 3.05) is 13.2 Å². The Bertz CT molecular complexity index is 1210. The summed E-state index contributed by atoms with van der Waals surface area (Å²) >= 11 is 5.40. The molecular weight excluding hydrogens is 472 g/mol. The normalized spacial score (nSPS) is 21.8. The monoisotopic (exact) mass is 497 g/mol. The molecule has 3 aromatic rings. The number of aromatic nitrogens is 1. The maximum Gasteiger partial charge on any atom is 0.257 e. The van der Waals surface area contributed by atoms with Gasteiger partial charge in [-0.1, -0.05) is 30.3 Å². The van der Waals surface area contributed by atoms with Crippen molar-refractivity contribution in [3.05, 3.63) is 101 Å². The van der Waals surface area contributed by atoms with E-state index in [1.165, 1.54) is 6.07 Å². The molecule has 0 saturated carbocycles. The largest absolute Gasteiger partial charge is 0.396 e. The fourth-order valence-corrected chi connectivity index (χ4v) is 4.64. The molecule has 4 rings (SSSR count). The number of carbonyl (C=O) groups is 1. The van der Waals surface area contributed by atoms with Gasteiger partial charge in [0.25, 0.3) is 5.91 Å². The number of aryl methyl sites for hydroxylation is 1. The molecule has 1 aromatic heterocycles. The van der Waals surface area contributed by atoms with Gasteiger partial charge in [-0.25, -0.2) is 8.78 Å². The van der Waals surface area contributed by atoms with Crippen LogP contribution in [0.4, 0.5) is 8.78 Å². The van der Waals surface area contributed by atoms with Gasteiger partial charge >= 0.3 is 0 Å². The number of nitrogens with one attached hydrogen (secondary N) is 2. The first-order chi connectivity index (χ1) is 16.8. The summed E-state index contributed by atoms with van der Waals surface area (Å²) in [6, 6.07) is 15.5. The van der Waals surface area contributed by atoms with Crippen molar-refractivity contribution in [2.24, 2.45) is 5.92 Å². The van der Waals surface area contributed by atoms with E-state index in [-0.39, 0.29) is 23.9 Å². The lowest BCUT2D eigenvalue weighted by Crippen LogP contribution is -2.60. The molecule has 0 aliphatic carbocycles. The van der Waals surface area contributed by atoms with Crippen molar-refractivity contribution in [1.29, 1.82) is 0 Å². The first-order valence-electron chi connectivity index (χ1n) is 11.1. The van der Waals surface area contributed by atoms with Gasteiger partial charge < -0.3 is 15.2 Å². The quantitative estimate of drug-likeness (QED) is 0.464. The van der Waals surface area contributed by atoms with Crippen LogP contribution in [0.25, 0.3) is 0 Å². The number of aliphatic hydroxyl groups is 1. The van der Waals surface area contributed by atoms with E-state index < -0.39 is 35.1 Å². The van der Waals surface area contributed by atoms with Crippen LogP contribution < -0.4 is 10.6 Å². The van der Waals surface area contributed by atoms with E-state index in [1.54, 1.807) is 36.5 Å². The molecule has 1 aliphatic rings. The van der Waals surface area contributed by atoms with Gasteiger partial charge in [0.2, 0.25) is 0 Å². The minimum absolute atomic E-state index is 0.0694. The standard InChI is InChI=1S/C26H25F2N3O3S/c1-16-7-8-18(13-29-16)23-11-19(14-32)26(15-34-23,21-10-9-20(27)12-22(21)28)31-25(35)30-24(33)17-5-3-2-4-6-17/h2-10,12-13,19,23,32H,11,14-15H2,1H3,(H2,30,31,33,35)/t19-,23+,26-/m0/s1. The lowest BCUT2D eigenvalue weighted by atomic mass is 9.73. The van der Waals surface area contributed by atoms with Crippen molar-refractivity contribution in [3.8, 4) is 0 Å². The van der Waals surface area contributed by atoms with Crippen LogP contribution in [0.2, 0.25) is 0 Å². The van der Waals surface area contributed by atoms with Crippen LogP contribution >= 0.6 is 12.2 Å². The predicted molar refractivity (Wildman–Crippen MR) is 131 cm³/mol. The molecule has 0 unspecified atom stereocenters. The average molecular weight is 498 g/mol. The zero-order valence-corrected chi connectivity index (χ0v) is 19.8. The number of rotatable bonds is 5.